The summed E-state index contributed by atoms with van der Waals surface area (Å²) in [6.07, 6.45) is 1.60. The number of hydrogen-bond acceptors (Lipinski definition) is 2. The zero-order valence-electron chi connectivity index (χ0n) is 8.59. The van der Waals surface area contributed by atoms with Crippen molar-refractivity contribution in [2.75, 3.05) is 7.11 Å². The molecule has 0 amide bonds. The van der Waals surface area contributed by atoms with Gasteiger partial charge in [-0.1, -0.05) is 13.0 Å². The molecule has 0 fully saturated rings. The highest BCUT2D eigenvalue weighted by Crippen LogP contribution is 2.18. The predicted molar refractivity (Wildman–Crippen MR) is 54.9 cm³/mol. The third-order valence-electron chi connectivity index (χ3n) is 2.24. The van der Waals surface area contributed by atoms with Crippen LogP contribution in [-0.4, -0.2) is 13.2 Å². The number of halogens is 1. The van der Waals surface area contributed by atoms with Crippen LogP contribution in [0.1, 0.15) is 18.9 Å². The molecule has 78 valence electrons. The first-order valence-electron chi connectivity index (χ1n) is 4.75. The standard InChI is InChI=1S/C11H16FNO/c1-3-9(13)6-8-4-5-11(14-2)10(12)7-8/h4-5,7,9H,3,6,13H2,1-2H3. The van der Waals surface area contributed by atoms with Gasteiger partial charge in [-0.15, -0.1) is 0 Å². The van der Waals surface area contributed by atoms with Crippen LogP contribution < -0.4 is 10.5 Å². The van der Waals surface area contributed by atoms with Gasteiger partial charge >= 0.3 is 0 Å². The topological polar surface area (TPSA) is 35.2 Å². The molecule has 0 bridgehead atoms. The van der Waals surface area contributed by atoms with Crippen LogP contribution in [0.5, 0.6) is 5.75 Å². The zero-order valence-corrected chi connectivity index (χ0v) is 8.59. The SMILES string of the molecule is CCC(N)Cc1ccc(OC)c(F)c1. The Balaban J connectivity index is 2.76. The van der Waals surface area contributed by atoms with Gasteiger partial charge in [0.05, 0.1) is 7.11 Å². The van der Waals surface area contributed by atoms with Gasteiger partial charge in [-0.3, -0.25) is 0 Å². The lowest BCUT2D eigenvalue weighted by molar-refractivity contribution is 0.386. The Morgan fingerprint density at radius 3 is 2.71 bits per heavy atom. The maximum Gasteiger partial charge on any atom is 0.165 e. The third kappa shape index (κ3) is 2.70. The van der Waals surface area contributed by atoms with Crippen LogP contribution in [-0.2, 0) is 6.42 Å². The predicted octanol–water partition coefficient (Wildman–Crippen LogP) is 2.11. The Labute approximate surface area is 83.9 Å². The van der Waals surface area contributed by atoms with Gasteiger partial charge in [0.2, 0.25) is 0 Å². The van der Waals surface area contributed by atoms with Gasteiger partial charge in [0.1, 0.15) is 0 Å². The lowest BCUT2D eigenvalue weighted by Gasteiger charge is -2.09. The number of rotatable bonds is 4. The molecular formula is C11H16FNO. The molecule has 2 N–H and O–H groups in total. The van der Waals surface area contributed by atoms with Crippen LogP contribution in [0.25, 0.3) is 0 Å². The lowest BCUT2D eigenvalue weighted by atomic mass is 10.0. The van der Waals surface area contributed by atoms with Crippen molar-refractivity contribution in [2.24, 2.45) is 5.73 Å². The quantitative estimate of drug-likeness (QED) is 0.802. The normalized spacial score (nSPS) is 12.6. The van der Waals surface area contributed by atoms with E-state index in [0.29, 0.717) is 6.42 Å². The van der Waals surface area contributed by atoms with Crippen molar-refractivity contribution < 1.29 is 9.13 Å². The van der Waals surface area contributed by atoms with Crippen molar-refractivity contribution >= 4 is 0 Å². The van der Waals surface area contributed by atoms with Crippen LogP contribution in [0.2, 0.25) is 0 Å². The molecule has 1 rings (SSSR count). The number of nitrogens with two attached hydrogens (primary N) is 1. The first-order valence-corrected chi connectivity index (χ1v) is 4.75. The van der Waals surface area contributed by atoms with Crippen LogP contribution in [0.15, 0.2) is 18.2 Å². The van der Waals surface area contributed by atoms with Crippen molar-refractivity contribution in [1.82, 2.24) is 0 Å². The maximum atomic E-state index is 13.2. The second kappa shape index (κ2) is 4.96. The van der Waals surface area contributed by atoms with Gasteiger partial charge in [-0.25, -0.2) is 4.39 Å². The van der Waals surface area contributed by atoms with Gasteiger partial charge in [0.25, 0.3) is 0 Å². The summed E-state index contributed by atoms with van der Waals surface area (Å²) in [5.74, 6) is -0.0490. The molecule has 0 aliphatic rings. The van der Waals surface area contributed by atoms with E-state index in [1.807, 2.05) is 13.0 Å². The highest BCUT2D eigenvalue weighted by molar-refractivity contribution is 5.29. The van der Waals surface area contributed by atoms with Crippen molar-refractivity contribution in [3.8, 4) is 5.75 Å². The van der Waals surface area contributed by atoms with Crippen LogP contribution in [0, 0.1) is 5.82 Å². The Morgan fingerprint density at radius 2 is 2.21 bits per heavy atom. The summed E-state index contributed by atoms with van der Waals surface area (Å²) in [6.45, 7) is 2.02. The van der Waals surface area contributed by atoms with Gasteiger partial charge < -0.3 is 10.5 Å². The molecule has 0 radical (unpaired) electrons. The van der Waals surface area contributed by atoms with Crippen molar-refractivity contribution in [3.05, 3.63) is 29.6 Å². The second-order valence-electron chi connectivity index (χ2n) is 3.34. The van der Waals surface area contributed by atoms with E-state index in [4.69, 9.17) is 10.5 Å². The molecule has 0 spiro atoms. The van der Waals surface area contributed by atoms with Crippen molar-refractivity contribution in [2.45, 2.75) is 25.8 Å². The summed E-state index contributed by atoms with van der Waals surface area (Å²) in [4.78, 5) is 0. The first kappa shape index (κ1) is 11.0. The van der Waals surface area contributed by atoms with E-state index in [2.05, 4.69) is 0 Å². The molecule has 0 aliphatic carbocycles. The molecule has 1 atom stereocenters. The smallest absolute Gasteiger partial charge is 0.165 e. The molecule has 2 nitrogen and oxygen atoms in total. The summed E-state index contributed by atoms with van der Waals surface area (Å²) < 4.78 is 18.1. The molecular weight excluding hydrogens is 181 g/mol. The number of benzene rings is 1. The second-order valence-corrected chi connectivity index (χ2v) is 3.34. The minimum atomic E-state index is -0.326. The molecule has 0 heterocycles. The van der Waals surface area contributed by atoms with Gasteiger partial charge in [0.15, 0.2) is 11.6 Å². The molecule has 3 heteroatoms. The van der Waals surface area contributed by atoms with E-state index < -0.39 is 0 Å². The van der Waals surface area contributed by atoms with Crippen LogP contribution in [0.4, 0.5) is 4.39 Å². The van der Waals surface area contributed by atoms with E-state index in [0.717, 1.165) is 12.0 Å². The molecule has 0 saturated carbocycles. The maximum absolute atomic E-state index is 13.2. The highest BCUT2D eigenvalue weighted by Gasteiger charge is 2.06. The lowest BCUT2D eigenvalue weighted by Crippen LogP contribution is -2.21. The van der Waals surface area contributed by atoms with Crippen molar-refractivity contribution in [3.63, 3.8) is 0 Å². The van der Waals surface area contributed by atoms with E-state index in [1.54, 1.807) is 6.07 Å². The first-order chi connectivity index (χ1) is 6.67. The minimum Gasteiger partial charge on any atom is -0.494 e. The van der Waals surface area contributed by atoms with E-state index in [9.17, 15) is 4.39 Å². The average molecular weight is 197 g/mol. The van der Waals surface area contributed by atoms with E-state index in [1.165, 1.54) is 13.2 Å². The summed E-state index contributed by atoms with van der Waals surface area (Å²) >= 11 is 0. The third-order valence-corrected chi connectivity index (χ3v) is 2.24. The Morgan fingerprint density at radius 1 is 1.50 bits per heavy atom. The van der Waals surface area contributed by atoms with E-state index in [-0.39, 0.29) is 17.6 Å². The molecule has 0 aromatic heterocycles. The van der Waals surface area contributed by atoms with Crippen LogP contribution >= 0.6 is 0 Å². The number of ether oxygens (including phenoxy) is 1. The van der Waals surface area contributed by atoms with Crippen molar-refractivity contribution in [1.29, 1.82) is 0 Å². The fourth-order valence-electron chi connectivity index (χ4n) is 1.28. The summed E-state index contributed by atoms with van der Waals surface area (Å²) in [5, 5.41) is 0. The Bertz CT molecular complexity index is 301. The van der Waals surface area contributed by atoms with Gasteiger partial charge in [0, 0.05) is 6.04 Å². The average Bonchev–Trinajstić information content (AvgIpc) is 2.18. The van der Waals surface area contributed by atoms with E-state index >= 15 is 0 Å². The highest BCUT2D eigenvalue weighted by atomic mass is 19.1. The van der Waals surface area contributed by atoms with Gasteiger partial charge in [-0.05, 0) is 30.5 Å². The van der Waals surface area contributed by atoms with Gasteiger partial charge in [-0.2, -0.15) is 0 Å². The molecule has 0 aliphatic heterocycles. The molecule has 1 aromatic carbocycles. The number of hydrogen-bond donors (Lipinski definition) is 1. The monoisotopic (exact) mass is 197 g/mol. The zero-order chi connectivity index (χ0) is 10.6. The largest absolute Gasteiger partial charge is 0.494 e. The molecule has 14 heavy (non-hydrogen) atoms. The molecule has 0 saturated heterocycles. The summed E-state index contributed by atoms with van der Waals surface area (Å²) in [5.41, 5.74) is 6.69. The fraction of sp³-hybridized carbons (Fsp3) is 0.455. The Hall–Kier alpha value is -1.09. The summed E-state index contributed by atoms with van der Waals surface area (Å²) in [6, 6.07) is 5.06. The minimum absolute atomic E-state index is 0.0998. The Kier molecular flexibility index (Phi) is 3.89. The fourth-order valence-corrected chi connectivity index (χ4v) is 1.28. The molecule has 1 aromatic rings. The summed E-state index contributed by atoms with van der Waals surface area (Å²) in [7, 11) is 1.45. The van der Waals surface area contributed by atoms with Crippen LogP contribution in [0.3, 0.4) is 0 Å². The number of methoxy groups -OCH3 is 1. The molecule has 1 unspecified atom stereocenters.